The van der Waals surface area contributed by atoms with Crippen LogP contribution in [-0.2, 0) is 9.47 Å². The first-order valence-corrected chi connectivity index (χ1v) is 9.81. The highest BCUT2D eigenvalue weighted by Crippen LogP contribution is 2.33. The minimum Gasteiger partial charge on any atom is -0.462 e. The van der Waals surface area contributed by atoms with Crippen LogP contribution in [0.15, 0.2) is 24.3 Å². The number of hydrogen-bond acceptors (Lipinski definition) is 7. The van der Waals surface area contributed by atoms with Crippen molar-refractivity contribution >= 4 is 33.9 Å². The number of nitrogens with zero attached hydrogens (tertiary/aromatic N) is 2. The van der Waals surface area contributed by atoms with Crippen LogP contribution < -0.4 is 10.2 Å². The lowest BCUT2D eigenvalue weighted by atomic mass is 10.1. The third-order valence-electron chi connectivity index (χ3n) is 4.45. The van der Waals surface area contributed by atoms with Crippen molar-refractivity contribution in [2.75, 3.05) is 43.1 Å². The number of carbonyl (C=O) groups is 2. The Bertz CT molecular complexity index is 909. The topological polar surface area (TPSA) is 91.7 Å². The number of amides is 1. The van der Waals surface area contributed by atoms with Gasteiger partial charge >= 0.3 is 5.97 Å². The second kappa shape index (κ2) is 8.87. The molecule has 2 heterocycles. The van der Waals surface area contributed by atoms with E-state index in [0.29, 0.717) is 34.2 Å². The molecule has 0 spiro atoms. The molecular formula is C20H21N3O4S. The van der Waals surface area contributed by atoms with Crippen LogP contribution in [0.5, 0.6) is 0 Å². The van der Waals surface area contributed by atoms with Crippen LogP contribution in [-0.4, -0.2) is 44.8 Å². The Kier molecular flexibility index (Phi) is 6.29. The molecule has 1 aromatic carbocycles. The third-order valence-corrected chi connectivity index (χ3v) is 5.64. The van der Waals surface area contributed by atoms with E-state index in [2.05, 4.69) is 16.3 Å². The molecule has 0 radical (unpaired) electrons. The van der Waals surface area contributed by atoms with Gasteiger partial charge in [0.2, 0.25) is 0 Å². The molecule has 0 bridgehead atoms. The monoisotopic (exact) mass is 399 g/mol. The number of hydrogen-bond donors (Lipinski definition) is 1. The first kappa shape index (κ1) is 19.9. The lowest BCUT2D eigenvalue weighted by molar-refractivity contribution is 0.0531. The van der Waals surface area contributed by atoms with E-state index in [1.54, 1.807) is 26.0 Å². The van der Waals surface area contributed by atoms with Gasteiger partial charge in [-0.3, -0.25) is 4.79 Å². The number of morpholine rings is 1. The summed E-state index contributed by atoms with van der Waals surface area (Å²) in [6, 6.07) is 9.35. The summed E-state index contributed by atoms with van der Waals surface area (Å²) in [6.07, 6.45) is 0. The number of nitriles is 1. The maximum atomic E-state index is 12.6. The van der Waals surface area contributed by atoms with Crippen LogP contribution in [0.4, 0.5) is 10.7 Å². The van der Waals surface area contributed by atoms with E-state index in [0.717, 1.165) is 30.1 Å². The molecule has 3 rings (SSSR count). The Morgan fingerprint density at radius 3 is 2.57 bits per heavy atom. The quantitative estimate of drug-likeness (QED) is 0.777. The average molecular weight is 399 g/mol. The van der Waals surface area contributed by atoms with Gasteiger partial charge in [-0.2, -0.15) is 5.26 Å². The van der Waals surface area contributed by atoms with Gasteiger partial charge in [-0.15, -0.1) is 11.3 Å². The molecule has 1 aromatic heterocycles. The SMILES string of the molecule is CCOC(=O)c1sc(NC(=O)c2ccc(N3CCOCC3)cc2)c(C#N)c1C. The van der Waals surface area contributed by atoms with Gasteiger partial charge in [0.05, 0.1) is 25.4 Å². The van der Waals surface area contributed by atoms with Crippen molar-refractivity contribution in [1.82, 2.24) is 0 Å². The Morgan fingerprint density at radius 2 is 1.96 bits per heavy atom. The Hall–Kier alpha value is -2.89. The number of esters is 1. The van der Waals surface area contributed by atoms with Gasteiger partial charge < -0.3 is 19.7 Å². The van der Waals surface area contributed by atoms with Crippen molar-refractivity contribution in [2.45, 2.75) is 13.8 Å². The van der Waals surface area contributed by atoms with Crippen molar-refractivity contribution in [1.29, 1.82) is 5.26 Å². The summed E-state index contributed by atoms with van der Waals surface area (Å²) in [5.74, 6) is -0.821. The molecule has 1 aliphatic heterocycles. The van der Waals surface area contributed by atoms with E-state index in [9.17, 15) is 14.9 Å². The standard InChI is InChI=1S/C20H21N3O4S/c1-3-27-20(25)17-13(2)16(12-21)19(28-17)22-18(24)14-4-6-15(7-5-14)23-8-10-26-11-9-23/h4-7H,3,8-11H2,1-2H3,(H,22,24). The van der Waals surface area contributed by atoms with Gasteiger partial charge in [-0.25, -0.2) is 4.79 Å². The molecule has 2 aromatic rings. The van der Waals surface area contributed by atoms with Gasteiger partial charge in [0.1, 0.15) is 15.9 Å². The van der Waals surface area contributed by atoms with Crippen LogP contribution in [0.1, 0.15) is 38.1 Å². The summed E-state index contributed by atoms with van der Waals surface area (Å²) in [5, 5.41) is 12.5. The molecule has 1 amide bonds. The number of thiophene rings is 1. The molecule has 8 heteroatoms. The summed E-state index contributed by atoms with van der Waals surface area (Å²) >= 11 is 1.06. The normalized spacial score (nSPS) is 13.7. The zero-order chi connectivity index (χ0) is 20.1. The van der Waals surface area contributed by atoms with E-state index < -0.39 is 5.97 Å². The van der Waals surface area contributed by atoms with Crippen LogP contribution >= 0.6 is 11.3 Å². The van der Waals surface area contributed by atoms with Gasteiger partial charge in [0, 0.05) is 24.3 Å². The highest BCUT2D eigenvalue weighted by atomic mass is 32.1. The summed E-state index contributed by atoms with van der Waals surface area (Å²) in [6.45, 7) is 6.67. The van der Waals surface area contributed by atoms with E-state index in [4.69, 9.17) is 9.47 Å². The fourth-order valence-corrected chi connectivity index (χ4v) is 3.99. The van der Waals surface area contributed by atoms with Crippen LogP contribution in [0.3, 0.4) is 0 Å². The van der Waals surface area contributed by atoms with Crippen molar-refractivity contribution in [2.24, 2.45) is 0 Å². The van der Waals surface area contributed by atoms with Crippen molar-refractivity contribution in [3.63, 3.8) is 0 Å². The second-order valence-corrected chi connectivity index (χ2v) is 7.21. The smallest absolute Gasteiger partial charge is 0.348 e. The molecule has 1 aliphatic rings. The van der Waals surface area contributed by atoms with Gasteiger partial charge in [-0.1, -0.05) is 0 Å². The van der Waals surface area contributed by atoms with E-state index in [1.165, 1.54) is 0 Å². The van der Waals surface area contributed by atoms with E-state index >= 15 is 0 Å². The second-order valence-electron chi connectivity index (χ2n) is 6.19. The summed E-state index contributed by atoms with van der Waals surface area (Å²) in [5.41, 5.74) is 2.31. The maximum absolute atomic E-state index is 12.6. The largest absolute Gasteiger partial charge is 0.462 e. The predicted molar refractivity (Wildman–Crippen MR) is 107 cm³/mol. The summed E-state index contributed by atoms with van der Waals surface area (Å²) in [7, 11) is 0. The number of rotatable bonds is 5. The number of anilines is 2. The molecule has 0 aliphatic carbocycles. The van der Waals surface area contributed by atoms with Gasteiger partial charge in [0.25, 0.3) is 5.91 Å². The number of carbonyl (C=O) groups excluding carboxylic acids is 2. The molecule has 28 heavy (non-hydrogen) atoms. The molecule has 1 N–H and O–H groups in total. The van der Waals surface area contributed by atoms with Crippen molar-refractivity contribution in [3.8, 4) is 6.07 Å². The molecule has 7 nitrogen and oxygen atoms in total. The lowest BCUT2D eigenvalue weighted by Gasteiger charge is -2.28. The third kappa shape index (κ3) is 4.16. The molecule has 0 unspecified atom stereocenters. The zero-order valence-corrected chi connectivity index (χ0v) is 16.6. The van der Waals surface area contributed by atoms with Gasteiger partial charge in [-0.05, 0) is 43.7 Å². The van der Waals surface area contributed by atoms with Crippen molar-refractivity contribution < 1.29 is 19.1 Å². The number of nitrogens with one attached hydrogen (secondary N) is 1. The van der Waals surface area contributed by atoms with E-state index in [-0.39, 0.29) is 18.1 Å². The zero-order valence-electron chi connectivity index (χ0n) is 15.8. The highest BCUT2D eigenvalue weighted by Gasteiger charge is 2.22. The van der Waals surface area contributed by atoms with Crippen LogP contribution in [0.25, 0.3) is 0 Å². The molecule has 146 valence electrons. The van der Waals surface area contributed by atoms with Crippen LogP contribution in [0.2, 0.25) is 0 Å². The Balaban J connectivity index is 1.76. The average Bonchev–Trinajstić information content (AvgIpc) is 3.04. The van der Waals surface area contributed by atoms with E-state index in [1.807, 2.05) is 12.1 Å². The first-order chi connectivity index (χ1) is 13.5. The number of benzene rings is 1. The minimum absolute atomic E-state index is 0.245. The predicted octanol–water partition coefficient (Wildman–Crippen LogP) is 3.19. The molecule has 1 saturated heterocycles. The molecule has 0 saturated carbocycles. The fraction of sp³-hybridized carbons (Fsp3) is 0.350. The van der Waals surface area contributed by atoms with Gasteiger partial charge in [0.15, 0.2) is 0 Å². The fourth-order valence-electron chi connectivity index (χ4n) is 2.95. The minimum atomic E-state index is -0.489. The summed E-state index contributed by atoms with van der Waals surface area (Å²) in [4.78, 5) is 27.2. The Labute approximate surface area is 167 Å². The molecule has 0 atom stereocenters. The molecule has 1 fully saturated rings. The highest BCUT2D eigenvalue weighted by molar-refractivity contribution is 7.18. The van der Waals surface area contributed by atoms with Crippen LogP contribution in [0, 0.1) is 18.3 Å². The lowest BCUT2D eigenvalue weighted by Crippen LogP contribution is -2.36. The first-order valence-electron chi connectivity index (χ1n) is 8.99. The van der Waals surface area contributed by atoms with Crippen molar-refractivity contribution in [3.05, 3.63) is 45.8 Å². The molecular weight excluding hydrogens is 378 g/mol. The number of ether oxygens (including phenoxy) is 2. The summed E-state index contributed by atoms with van der Waals surface area (Å²) < 4.78 is 10.4. The maximum Gasteiger partial charge on any atom is 0.348 e. The Morgan fingerprint density at radius 1 is 1.29 bits per heavy atom.